The van der Waals surface area contributed by atoms with Gasteiger partial charge < -0.3 is 14.5 Å². The minimum atomic E-state index is -0.640. The first-order valence-corrected chi connectivity index (χ1v) is 4.21. The second-order valence-corrected chi connectivity index (χ2v) is 2.81. The number of nitrogens with one attached hydrogen (secondary N) is 2. The minimum Gasteiger partial charge on any atom is -0.465 e. The van der Waals surface area contributed by atoms with Crippen LogP contribution in [0.25, 0.3) is 0 Å². The number of H-pyrrole nitrogens is 1. The molecule has 1 heterocycles. The van der Waals surface area contributed by atoms with Crippen molar-refractivity contribution in [2.45, 2.75) is 6.92 Å². The van der Waals surface area contributed by atoms with Gasteiger partial charge in [0.25, 0.3) is 0 Å². The molecule has 1 aromatic rings. The topological polar surface area (TPSA) is 80.4 Å². The molecule has 0 saturated heterocycles. The fourth-order valence-electron chi connectivity index (χ4n) is 1.15. The van der Waals surface area contributed by atoms with Gasteiger partial charge in [-0.3, -0.25) is 5.32 Å². The zero-order chi connectivity index (χ0) is 11.4. The van der Waals surface area contributed by atoms with E-state index in [0.717, 1.165) is 0 Å². The standard InChI is InChI=1S/C9H12N2O4/c1-5-7(8(12)14-2)6(4-10-5)11-9(13)15-3/h4,10H,1-3H3,(H,11,13). The Morgan fingerprint density at radius 1 is 1.33 bits per heavy atom. The number of esters is 1. The molecule has 0 bridgehead atoms. The third-order valence-electron chi connectivity index (χ3n) is 1.89. The first-order chi connectivity index (χ1) is 7.10. The number of carbonyl (C=O) groups excluding carboxylic acids is 2. The molecule has 0 aliphatic heterocycles. The molecule has 6 heteroatoms. The van der Waals surface area contributed by atoms with Crippen molar-refractivity contribution < 1.29 is 19.1 Å². The number of ether oxygens (including phenoxy) is 2. The van der Waals surface area contributed by atoms with E-state index in [1.807, 2.05) is 0 Å². The Morgan fingerprint density at radius 3 is 2.53 bits per heavy atom. The predicted molar refractivity (Wildman–Crippen MR) is 52.9 cm³/mol. The molecule has 0 aliphatic rings. The third kappa shape index (κ3) is 2.28. The van der Waals surface area contributed by atoms with Crippen LogP contribution in [0.2, 0.25) is 0 Å². The lowest BCUT2D eigenvalue weighted by atomic mass is 10.2. The number of carbonyl (C=O) groups is 2. The van der Waals surface area contributed by atoms with Crippen LogP contribution < -0.4 is 5.32 Å². The number of aryl methyl sites for hydroxylation is 1. The molecule has 15 heavy (non-hydrogen) atoms. The van der Waals surface area contributed by atoms with Gasteiger partial charge in [0.15, 0.2) is 0 Å². The molecule has 0 saturated carbocycles. The van der Waals surface area contributed by atoms with E-state index < -0.39 is 12.1 Å². The van der Waals surface area contributed by atoms with Crippen molar-refractivity contribution in [1.82, 2.24) is 4.98 Å². The van der Waals surface area contributed by atoms with E-state index in [4.69, 9.17) is 0 Å². The fraction of sp³-hybridized carbons (Fsp3) is 0.333. The van der Waals surface area contributed by atoms with Crippen LogP contribution in [0.3, 0.4) is 0 Å². The molecule has 0 aromatic carbocycles. The molecule has 2 N–H and O–H groups in total. The van der Waals surface area contributed by atoms with E-state index in [9.17, 15) is 9.59 Å². The number of methoxy groups -OCH3 is 2. The van der Waals surface area contributed by atoms with Gasteiger partial charge in [0.1, 0.15) is 5.56 Å². The van der Waals surface area contributed by atoms with Gasteiger partial charge in [0.2, 0.25) is 0 Å². The smallest absolute Gasteiger partial charge is 0.411 e. The minimum absolute atomic E-state index is 0.294. The first-order valence-electron chi connectivity index (χ1n) is 4.21. The number of aromatic nitrogens is 1. The van der Waals surface area contributed by atoms with Gasteiger partial charge in [-0.1, -0.05) is 0 Å². The van der Waals surface area contributed by atoms with E-state index in [1.54, 1.807) is 6.92 Å². The van der Waals surface area contributed by atoms with E-state index in [0.29, 0.717) is 16.9 Å². The summed E-state index contributed by atoms with van der Waals surface area (Å²) in [6.45, 7) is 1.70. The molecule has 6 nitrogen and oxygen atoms in total. The monoisotopic (exact) mass is 212 g/mol. The zero-order valence-corrected chi connectivity index (χ0v) is 8.71. The van der Waals surface area contributed by atoms with Crippen LogP contribution in [-0.4, -0.2) is 31.3 Å². The molecule has 0 aliphatic carbocycles. The molecule has 0 spiro atoms. The maximum atomic E-state index is 11.4. The number of aromatic amines is 1. The summed E-state index contributed by atoms with van der Waals surface area (Å²) < 4.78 is 9.00. The lowest BCUT2D eigenvalue weighted by Gasteiger charge is -2.04. The maximum Gasteiger partial charge on any atom is 0.411 e. The Labute approximate surface area is 86.6 Å². The molecule has 0 fully saturated rings. The second kappa shape index (κ2) is 4.50. The highest BCUT2D eigenvalue weighted by molar-refractivity contribution is 6.00. The highest BCUT2D eigenvalue weighted by Gasteiger charge is 2.18. The Morgan fingerprint density at radius 2 is 2.00 bits per heavy atom. The molecule has 0 radical (unpaired) electrons. The lowest BCUT2D eigenvalue weighted by molar-refractivity contribution is 0.0601. The average molecular weight is 212 g/mol. The van der Waals surface area contributed by atoms with E-state index in [1.165, 1.54) is 20.4 Å². The van der Waals surface area contributed by atoms with Gasteiger partial charge in [-0.15, -0.1) is 0 Å². The van der Waals surface area contributed by atoms with Gasteiger partial charge in [-0.05, 0) is 6.92 Å². The van der Waals surface area contributed by atoms with Crippen molar-refractivity contribution in [1.29, 1.82) is 0 Å². The van der Waals surface area contributed by atoms with Crippen LogP contribution >= 0.6 is 0 Å². The van der Waals surface area contributed by atoms with Crippen LogP contribution in [0, 0.1) is 6.92 Å². The molecule has 0 atom stereocenters. The molecule has 1 amide bonds. The Hall–Kier alpha value is -1.98. The van der Waals surface area contributed by atoms with Crippen LogP contribution in [0.15, 0.2) is 6.20 Å². The van der Waals surface area contributed by atoms with Gasteiger partial charge in [-0.2, -0.15) is 0 Å². The third-order valence-corrected chi connectivity index (χ3v) is 1.89. The van der Waals surface area contributed by atoms with E-state index >= 15 is 0 Å². The van der Waals surface area contributed by atoms with Crippen molar-refractivity contribution in [2.75, 3.05) is 19.5 Å². The summed E-state index contributed by atoms with van der Waals surface area (Å²) in [6.07, 6.45) is 0.859. The largest absolute Gasteiger partial charge is 0.465 e. The van der Waals surface area contributed by atoms with Crippen LogP contribution in [0.5, 0.6) is 0 Å². The summed E-state index contributed by atoms with van der Waals surface area (Å²) >= 11 is 0. The summed E-state index contributed by atoms with van der Waals surface area (Å²) in [5, 5.41) is 2.40. The highest BCUT2D eigenvalue weighted by Crippen LogP contribution is 2.20. The number of hydrogen-bond acceptors (Lipinski definition) is 4. The van der Waals surface area contributed by atoms with E-state index in [2.05, 4.69) is 19.8 Å². The van der Waals surface area contributed by atoms with Gasteiger partial charge in [0, 0.05) is 11.9 Å². The quantitative estimate of drug-likeness (QED) is 0.724. The van der Waals surface area contributed by atoms with Crippen molar-refractivity contribution >= 4 is 17.7 Å². The Bertz CT molecular complexity index is 383. The maximum absolute atomic E-state index is 11.4. The fourth-order valence-corrected chi connectivity index (χ4v) is 1.15. The predicted octanol–water partition coefficient (Wildman–Crippen LogP) is 1.29. The summed E-state index contributed by atoms with van der Waals surface area (Å²) in [5.41, 5.74) is 1.25. The number of hydrogen-bond donors (Lipinski definition) is 2. The van der Waals surface area contributed by atoms with Gasteiger partial charge in [0.05, 0.1) is 19.9 Å². The molecule has 0 unspecified atom stereocenters. The number of anilines is 1. The first kappa shape index (κ1) is 11.1. The Balaban J connectivity index is 2.98. The van der Waals surface area contributed by atoms with Gasteiger partial charge in [-0.25, -0.2) is 9.59 Å². The summed E-state index contributed by atoms with van der Waals surface area (Å²) in [7, 11) is 2.52. The van der Waals surface area contributed by atoms with Crippen molar-refractivity contribution in [2.24, 2.45) is 0 Å². The van der Waals surface area contributed by atoms with Crippen molar-refractivity contribution in [3.05, 3.63) is 17.5 Å². The van der Waals surface area contributed by atoms with Crippen LogP contribution in [-0.2, 0) is 9.47 Å². The van der Waals surface area contributed by atoms with E-state index in [-0.39, 0.29) is 0 Å². The Kier molecular flexibility index (Phi) is 3.33. The SMILES string of the molecule is COC(=O)Nc1c[nH]c(C)c1C(=O)OC. The number of rotatable bonds is 2. The van der Waals surface area contributed by atoms with Crippen molar-refractivity contribution in [3.8, 4) is 0 Å². The molecular formula is C9H12N2O4. The average Bonchev–Trinajstić information content (AvgIpc) is 2.58. The molecule has 82 valence electrons. The lowest BCUT2D eigenvalue weighted by Crippen LogP contribution is -2.14. The summed E-state index contributed by atoms with van der Waals surface area (Å²) in [4.78, 5) is 25.1. The summed E-state index contributed by atoms with van der Waals surface area (Å²) in [6, 6.07) is 0. The molecule has 1 aromatic heterocycles. The number of amides is 1. The normalized spacial score (nSPS) is 9.53. The second-order valence-electron chi connectivity index (χ2n) is 2.81. The van der Waals surface area contributed by atoms with Crippen molar-refractivity contribution in [3.63, 3.8) is 0 Å². The zero-order valence-electron chi connectivity index (χ0n) is 8.71. The van der Waals surface area contributed by atoms with Crippen LogP contribution in [0.4, 0.5) is 10.5 Å². The summed E-state index contributed by atoms with van der Waals surface area (Å²) in [5.74, 6) is -0.514. The van der Waals surface area contributed by atoms with Gasteiger partial charge >= 0.3 is 12.1 Å². The molecule has 1 rings (SSSR count). The highest BCUT2D eigenvalue weighted by atomic mass is 16.5. The molecular weight excluding hydrogens is 200 g/mol. The van der Waals surface area contributed by atoms with Crippen LogP contribution in [0.1, 0.15) is 16.1 Å².